The van der Waals surface area contributed by atoms with E-state index < -0.39 is 9.84 Å². The minimum absolute atomic E-state index is 0.252. The Bertz CT molecular complexity index is 312. The Kier molecular flexibility index (Phi) is 3.31. The van der Waals surface area contributed by atoms with Crippen LogP contribution in [-0.4, -0.2) is 19.9 Å². The highest BCUT2D eigenvalue weighted by Crippen LogP contribution is 2.27. The quantitative estimate of drug-likeness (QED) is 0.638. The van der Waals surface area contributed by atoms with Crippen LogP contribution in [0.2, 0.25) is 0 Å². The van der Waals surface area contributed by atoms with Gasteiger partial charge in [0.2, 0.25) is 0 Å². The van der Waals surface area contributed by atoms with Gasteiger partial charge in [0.05, 0.1) is 11.5 Å². The lowest BCUT2D eigenvalue weighted by atomic mass is 9.93. The molecule has 13 heavy (non-hydrogen) atoms. The lowest BCUT2D eigenvalue weighted by Crippen LogP contribution is -2.25. The topological polar surface area (TPSA) is 34.1 Å². The normalized spacial score (nSPS) is 30.2. The molecule has 1 saturated heterocycles. The molecule has 0 radical (unpaired) electrons. The Balaban J connectivity index is 2.78. The zero-order valence-electron chi connectivity index (χ0n) is 7.99. The zero-order valence-corrected chi connectivity index (χ0v) is 8.81. The molecule has 0 aliphatic carbocycles. The van der Waals surface area contributed by atoms with Crippen LogP contribution in [-0.2, 0) is 9.84 Å². The van der Waals surface area contributed by atoms with Crippen molar-refractivity contribution < 1.29 is 8.42 Å². The molecule has 1 heterocycles. The molecule has 0 spiro atoms. The molecular formula is C10H16O2S. The monoisotopic (exact) mass is 200 g/mol. The third kappa shape index (κ3) is 2.69. The van der Waals surface area contributed by atoms with Crippen molar-refractivity contribution in [2.75, 3.05) is 11.5 Å². The minimum Gasteiger partial charge on any atom is -0.229 e. The second-order valence-electron chi connectivity index (χ2n) is 3.47. The Morgan fingerprint density at radius 1 is 1.62 bits per heavy atom. The summed E-state index contributed by atoms with van der Waals surface area (Å²) >= 11 is 0. The maximum absolute atomic E-state index is 11.3. The number of hydrogen-bond acceptors (Lipinski definition) is 2. The van der Waals surface area contributed by atoms with Crippen LogP contribution in [0.5, 0.6) is 0 Å². The van der Waals surface area contributed by atoms with Crippen LogP contribution in [0.15, 0.2) is 24.3 Å². The maximum Gasteiger partial charge on any atom is 0.154 e. The van der Waals surface area contributed by atoms with Gasteiger partial charge in [-0.3, -0.25) is 0 Å². The maximum atomic E-state index is 11.3. The van der Waals surface area contributed by atoms with Gasteiger partial charge in [-0.25, -0.2) is 8.42 Å². The molecule has 1 aliphatic heterocycles. The Morgan fingerprint density at radius 3 is 2.85 bits per heavy atom. The Labute approximate surface area is 80.3 Å². The van der Waals surface area contributed by atoms with E-state index in [1.807, 2.05) is 19.1 Å². The van der Waals surface area contributed by atoms with E-state index in [0.717, 1.165) is 18.4 Å². The Hall–Kier alpha value is -0.570. The van der Waals surface area contributed by atoms with Gasteiger partial charge in [-0.15, -0.1) is 6.58 Å². The first-order valence-electron chi connectivity index (χ1n) is 4.55. The molecule has 1 fully saturated rings. The van der Waals surface area contributed by atoms with E-state index in [-0.39, 0.29) is 5.75 Å². The highest BCUT2D eigenvalue weighted by molar-refractivity contribution is 7.91. The smallest absolute Gasteiger partial charge is 0.154 e. The summed E-state index contributed by atoms with van der Waals surface area (Å²) in [5, 5.41) is 0. The molecule has 0 N–H and O–H groups in total. The molecule has 0 aromatic rings. The number of rotatable bonds is 2. The van der Waals surface area contributed by atoms with Crippen molar-refractivity contribution in [1.82, 2.24) is 0 Å². The molecule has 0 saturated carbocycles. The van der Waals surface area contributed by atoms with Crippen LogP contribution in [0.1, 0.15) is 19.8 Å². The van der Waals surface area contributed by atoms with Gasteiger partial charge >= 0.3 is 0 Å². The van der Waals surface area contributed by atoms with Gasteiger partial charge < -0.3 is 0 Å². The van der Waals surface area contributed by atoms with Crippen molar-refractivity contribution in [3.63, 3.8) is 0 Å². The molecule has 74 valence electrons. The van der Waals surface area contributed by atoms with Crippen LogP contribution in [0, 0.1) is 5.92 Å². The highest BCUT2D eigenvalue weighted by Gasteiger charge is 2.26. The van der Waals surface area contributed by atoms with E-state index in [0.29, 0.717) is 11.7 Å². The summed E-state index contributed by atoms with van der Waals surface area (Å²) in [6, 6.07) is 0. The summed E-state index contributed by atoms with van der Waals surface area (Å²) in [4.78, 5) is 0. The van der Waals surface area contributed by atoms with Gasteiger partial charge in [0.15, 0.2) is 9.84 Å². The van der Waals surface area contributed by atoms with Crippen molar-refractivity contribution >= 4 is 9.84 Å². The molecule has 1 rings (SSSR count). The lowest BCUT2D eigenvalue weighted by Gasteiger charge is -2.24. The molecule has 3 heteroatoms. The average molecular weight is 200 g/mol. The van der Waals surface area contributed by atoms with Crippen molar-refractivity contribution in [2.45, 2.75) is 19.8 Å². The molecule has 0 amide bonds. The minimum atomic E-state index is -2.80. The van der Waals surface area contributed by atoms with E-state index in [9.17, 15) is 8.42 Å². The van der Waals surface area contributed by atoms with Gasteiger partial charge in [-0.1, -0.05) is 17.7 Å². The van der Waals surface area contributed by atoms with E-state index in [1.165, 1.54) is 0 Å². The van der Waals surface area contributed by atoms with Crippen LogP contribution >= 0.6 is 0 Å². The molecule has 2 nitrogen and oxygen atoms in total. The first-order chi connectivity index (χ1) is 6.09. The number of allylic oxidation sites excluding steroid dienone is 2. The lowest BCUT2D eigenvalue weighted by molar-refractivity contribution is 0.544. The SMILES string of the molecule is C=CCC1CCS(=O)(=O)C/C1=C\C. The zero-order chi connectivity index (χ0) is 9.90. The van der Waals surface area contributed by atoms with Crippen LogP contribution in [0.3, 0.4) is 0 Å². The summed E-state index contributed by atoms with van der Waals surface area (Å²) in [6.07, 6.45) is 5.46. The molecular weight excluding hydrogens is 184 g/mol. The second-order valence-corrected chi connectivity index (χ2v) is 5.65. The molecule has 1 unspecified atom stereocenters. The largest absolute Gasteiger partial charge is 0.229 e. The van der Waals surface area contributed by atoms with Crippen LogP contribution in [0.25, 0.3) is 0 Å². The fourth-order valence-corrected chi connectivity index (χ4v) is 3.44. The van der Waals surface area contributed by atoms with Gasteiger partial charge in [-0.2, -0.15) is 0 Å². The average Bonchev–Trinajstić information content (AvgIpc) is 2.08. The van der Waals surface area contributed by atoms with Crippen LogP contribution < -0.4 is 0 Å². The second kappa shape index (κ2) is 4.09. The molecule has 0 aromatic carbocycles. The first kappa shape index (κ1) is 10.5. The summed E-state index contributed by atoms with van der Waals surface area (Å²) < 4.78 is 22.6. The van der Waals surface area contributed by atoms with E-state index in [2.05, 4.69) is 6.58 Å². The first-order valence-corrected chi connectivity index (χ1v) is 6.37. The highest BCUT2D eigenvalue weighted by atomic mass is 32.2. The summed E-state index contributed by atoms with van der Waals surface area (Å²) in [5.74, 6) is 0.997. The third-order valence-corrected chi connectivity index (χ3v) is 4.14. The Morgan fingerprint density at radius 2 is 2.31 bits per heavy atom. The van der Waals surface area contributed by atoms with E-state index >= 15 is 0 Å². The molecule has 0 bridgehead atoms. The molecule has 0 aromatic heterocycles. The molecule has 1 aliphatic rings. The summed E-state index contributed by atoms with van der Waals surface area (Å²) in [5.41, 5.74) is 1.06. The van der Waals surface area contributed by atoms with E-state index in [1.54, 1.807) is 0 Å². The number of sulfone groups is 1. The predicted molar refractivity (Wildman–Crippen MR) is 55.3 cm³/mol. The van der Waals surface area contributed by atoms with Crippen molar-refractivity contribution in [1.29, 1.82) is 0 Å². The number of hydrogen-bond donors (Lipinski definition) is 0. The van der Waals surface area contributed by atoms with Crippen LogP contribution in [0.4, 0.5) is 0 Å². The third-order valence-electron chi connectivity index (χ3n) is 2.51. The predicted octanol–water partition coefficient (Wildman–Crippen LogP) is 1.94. The van der Waals surface area contributed by atoms with Gasteiger partial charge in [0, 0.05) is 0 Å². The van der Waals surface area contributed by atoms with Gasteiger partial charge in [-0.05, 0) is 25.7 Å². The summed E-state index contributed by atoms with van der Waals surface area (Å²) in [7, 11) is -2.80. The van der Waals surface area contributed by atoms with Crippen molar-refractivity contribution in [3.8, 4) is 0 Å². The fraction of sp³-hybridized carbons (Fsp3) is 0.600. The summed E-state index contributed by atoms with van der Waals surface area (Å²) in [6.45, 7) is 5.59. The standard InChI is InChI=1S/C10H16O2S/c1-3-5-10-6-7-13(11,12)8-9(10)4-2/h3-4,10H,1,5-8H2,2H3/b9-4+. The van der Waals surface area contributed by atoms with Gasteiger partial charge in [0.1, 0.15) is 0 Å². The van der Waals surface area contributed by atoms with Crippen molar-refractivity contribution in [2.24, 2.45) is 5.92 Å². The molecule has 1 atom stereocenters. The fourth-order valence-electron chi connectivity index (χ4n) is 1.74. The van der Waals surface area contributed by atoms with Gasteiger partial charge in [0.25, 0.3) is 0 Å². The van der Waals surface area contributed by atoms with Crippen molar-refractivity contribution in [3.05, 3.63) is 24.3 Å². The van der Waals surface area contributed by atoms with E-state index in [4.69, 9.17) is 0 Å².